The van der Waals surface area contributed by atoms with E-state index in [0.29, 0.717) is 4.83 Å². The fraction of sp³-hybridized carbons (Fsp3) is 0.600. The van der Waals surface area contributed by atoms with Crippen LogP contribution < -0.4 is 4.74 Å². The summed E-state index contributed by atoms with van der Waals surface area (Å²) in [6.45, 7) is 8.76. The van der Waals surface area contributed by atoms with Crippen molar-refractivity contribution in [3.63, 3.8) is 0 Å². The average Bonchev–Trinajstić information content (AvgIpc) is 2.30. The van der Waals surface area contributed by atoms with Crippen molar-refractivity contribution in [1.82, 2.24) is 0 Å². The van der Waals surface area contributed by atoms with Crippen molar-refractivity contribution >= 4 is 31.9 Å². The van der Waals surface area contributed by atoms with Crippen LogP contribution >= 0.6 is 31.9 Å². The minimum atomic E-state index is 0.353. The number of halogens is 2. The van der Waals surface area contributed by atoms with Gasteiger partial charge in [-0.2, -0.15) is 0 Å². The first-order valence-corrected chi connectivity index (χ1v) is 8.07. The maximum atomic E-state index is 5.59. The molecule has 3 heteroatoms. The lowest BCUT2D eigenvalue weighted by Crippen LogP contribution is -2.03. The van der Waals surface area contributed by atoms with Crippen LogP contribution in [0.1, 0.15) is 48.2 Å². The van der Waals surface area contributed by atoms with Gasteiger partial charge in [-0.05, 0) is 49.8 Å². The van der Waals surface area contributed by atoms with E-state index in [1.54, 1.807) is 7.11 Å². The fourth-order valence-corrected chi connectivity index (χ4v) is 3.52. The Morgan fingerprint density at radius 1 is 1.22 bits per heavy atom. The van der Waals surface area contributed by atoms with Crippen LogP contribution in [-0.2, 0) is 0 Å². The van der Waals surface area contributed by atoms with Gasteiger partial charge < -0.3 is 4.74 Å². The lowest BCUT2D eigenvalue weighted by Gasteiger charge is -2.20. The predicted molar refractivity (Wildman–Crippen MR) is 85.9 cm³/mol. The number of aryl methyl sites for hydroxylation is 1. The molecule has 0 aliphatic rings. The van der Waals surface area contributed by atoms with Gasteiger partial charge in [0.2, 0.25) is 0 Å². The predicted octanol–water partition coefficient (Wildman–Crippen LogP) is 5.95. The molecule has 0 aliphatic carbocycles. The molecule has 0 bridgehead atoms. The largest absolute Gasteiger partial charge is 0.496 e. The molecule has 1 aromatic rings. The van der Waals surface area contributed by atoms with Crippen molar-refractivity contribution in [3.05, 3.63) is 27.2 Å². The number of hydrogen-bond acceptors (Lipinski definition) is 1. The molecule has 0 aromatic heterocycles. The summed E-state index contributed by atoms with van der Waals surface area (Å²) >= 11 is 7.46. The second kappa shape index (κ2) is 6.95. The van der Waals surface area contributed by atoms with Crippen molar-refractivity contribution in [3.8, 4) is 5.75 Å². The zero-order chi connectivity index (χ0) is 13.9. The Balaban J connectivity index is 3.12. The molecule has 0 N–H and O–H groups in total. The summed E-state index contributed by atoms with van der Waals surface area (Å²) in [7, 11) is 1.75. The molecule has 0 aliphatic heterocycles. The number of methoxy groups -OCH3 is 1. The third kappa shape index (κ3) is 3.74. The van der Waals surface area contributed by atoms with Gasteiger partial charge in [0.15, 0.2) is 0 Å². The van der Waals surface area contributed by atoms with Gasteiger partial charge in [0.1, 0.15) is 5.75 Å². The Labute approximate surface area is 128 Å². The van der Waals surface area contributed by atoms with Gasteiger partial charge >= 0.3 is 0 Å². The topological polar surface area (TPSA) is 9.23 Å². The molecule has 18 heavy (non-hydrogen) atoms. The molecule has 0 saturated carbocycles. The maximum absolute atomic E-state index is 5.59. The molecule has 1 unspecified atom stereocenters. The Bertz CT molecular complexity index is 413. The maximum Gasteiger partial charge on any atom is 0.126 e. The first kappa shape index (κ1) is 16.0. The Hall–Kier alpha value is -0.0200. The first-order chi connectivity index (χ1) is 8.38. The number of ether oxygens (including phenoxy) is 1. The van der Waals surface area contributed by atoms with Gasteiger partial charge in [0.25, 0.3) is 0 Å². The Kier molecular flexibility index (Phi) is 6.19. The highest BCUT2D eigenvalue weighted by Gasteiger charge is 2.19. The molecule has 0 radical (unpaired) electrons. The first-order valence-electron chi connectivity index (χ1n) is 6.36. The van der Waals surface area contributed by atoms with Crippen LogP contribution in [0.5, 0.6) is 5.75 Å². The van der Waals surface area contributed by atoms with E-state index < -0.39 is 0 Å². The second-order valence-electron chi connectivity index (χ2n) is 5.19. The molecule has 0 fully saturated rings. The molecule has 1 atom stereocenters. The summed E-state index contributed by atoms with van der Waals surface area (Å²) in [6.07, 6.45) is 2.34. The molecule has 0 spiro atoms. The quantitative estimate of drug-likeness (QED) is 0.576. The fourth-order valence-electron chi connectivity index (χ4n) is 2.15. The lowest BCUT2D eigenvalue weighted by molar-refractivity contribution is 0.404. The number of benzene rings is 1. The van der Waals surface area contributed by atoms with Crippen LogP contribution in [-0.4, -0.2) is 7.11 Å². The monoisotopic (exact) mass is 376 g/mol. The molecule has 0 heterocycles. The standard InChI is InChI=1S/C15H22Br2O/c1-9(2)6-7-12(16)14-11(4)13(17)8-10(3)15(14)18-5/h8-9,12H,6-7H2,1-5H3. The summed E-state index contributed by atoms with van der Waals surface area (Å²) in [5.41, 5.74) is 3.73. The van der Waals surface area contributed by atoms with Gasteiger partial charge in [-0.1, -0.05) is 45.7 Å². The van der Waals surface area contributed by atoms with Crippen LogP contribution in [0.4, 0.5) is 0 Å². The van der Waals surface area contributed by atoms with Crippen molar-refractivity contribution in [1.29, 1.82) is 0 Å². The van der Waals surface area contributed by atoms with Gasteiger partial charge in [0, 0.05) is 14.9 Å². The molecule has 0 saturated heterocycles. The number of alkyl halides is 1. The molecule has 1 rings (SSSR count). The van der Waals surface area contributed by atoms with Crippen molar-refractivity contribution < 1.29 is 4.74 Å². The van der Waals surface area contributed by atoms with Crippen molar-refractivity contribution in [2.24, 2.45) is 5.92 Å². The lowest BCUT2D eigenvalue weighted by atomic mass is 9.96. The van der Waals surface area contributed by atoms with E-state index in [2.05, 4.69) is 65.6 Å². The van der Waals surface area contributed by atoms with E-state index in [1.165, 1.54) is 23.1 Å². The van der Waals surface area contributed by atoms with E-state index in [0.717, 1.165) is 22.6 Å². The molecular formula is C15H22Br2O. The molecule has 1 nitrogen and oxygen atoms in total. The summed E-state index contributed by atoms with van der Waals surface area (Å²) < 4.78 is 6.75. The average molecular weight is 378 g/mol. The number of rotatable bonds is 5. The summed E-state index contributed by atoms with van der Waals surface area (Å²) in [5, 5.41) is 0. The zero-order valence-electron chi connectivity index (χ0n) is 11.8. The van der Waals surface area contributed by atoms with Crippen molar-refractivity contribution in [2.75, 3.05) is 7.11 Å². The minimum absolute atomic E-state index is 0.353. The van der Waals surface area contributed by atoms with Crippen LogP contribution in [0.2, 0.25) is 0 Å². The Morgan fingerprint density at radius 2 is 1.83 bits per heavy atom. The molecule has 0 amide bonds. The molecular weight excluding hydrogens is 356 g/mol. The summed E-state index contributed by atoms with van der Waals surface area (Å²) in [4.78, 5) is 0.353. The normalized spacial score (nSPS) is 12.9. The third-order valence-electron chi connectivity index (χ3n) is 3.22. The van der Waals surface area contributed by atoms with Crippen LogP contribution in [0, 0.1) is 19.8 Å². The van der Waals surface area contributed by atoms with Gasteiger partial charge in [-0.15, -0.1) is 0 Å². The van der Waals surface area contributed by atoms with Gasteiger partial charge in [0.05, 0.1) is 7.11 Å². The number of hydrogen-bond donors (Lipinski definition) is 0. The van der Waals surface area contributed by atoms with E-state index in [9.17, 15) is 0 Å². The SMILES string of the molecule is COc1c(C)cc(Br)c(C)c1C(Br)CCC(C)C. The van der Waals surface area contributed by atoms with Gasteiger partial charge in [-0.25, -0.2) is 0 Å². The highest BCUT2D eigenvalue weighted by molar-refractivity contribution is 9.10. The second-order valence-corrected chi connectivity index (χ2v) is 7.15. The molecule has 1 aromatic carbocycles. The van der Waals surface area contributed by atoms with Crippen LogP contribution in [0.15, 0.2) is 10.5 Å². The highest BCUT2D eigenvalue weighted by Crippen LogP contribution is 2.42. The van der Waals surface area contributed by atoms with E-state index in [4.69, 9.17) is 4.74 Å². The summed E-state index contributed by atoms with van der Waals surface area (Å²) in [5.74, 6) is 1.74. The van der Waals surface area contributed by atoms with Crippen molar-refractivity contribution in [2.45, 2.75) is 45.4 Å². The van der Waals surface area contributed by atoms with Crippen LogP contribution in [0.3, 0.4) is 0 Å². The van der Waals surface area contributed by atoms with Crippen LogP contribution in [0.25, 0.3) is 0 Å². The Morgan fingerprint density at radius 3 is 2.33 bits per heavy atom. The zero-order valence-corrected chi connectivity index (χ0v) is 15.0. The van der Waals surface area contributed by atoms with E-state index in [1.807, 2.05) is 0 Å². The summed E-state index contributed by atoms with van der Waals surface area (Å²) in [6, 6.07) is 2.12. The van der Waals surface area contributed by atoms with E-state index in [-0.39, 0.29) is 0 Å². The van der Waals surface area contributed by atoms with E-state index >= 15 is 0 Å². The molecule has 102 valence electrons. The smallest absolute Gasteiger partial charge is 0.126 e. The van der Waals surface area contributed by atoms with Gasteiger partial charge in [-0.3, -0.25) is 0 Å². The third-order valence-corrected chi connectivity index (χ3v) is 4.96. The highest BCUT2D eigenvalue weighted by atomic mass is 79.9. The minimum Gasteiger partial charge on any atom is -0.496 e.